The van der Waals surface area contributed by atoms with E-state index in [1.165, 1.54) is 0 Å². The number of rotatable bonds is 5. The predicted molar refractivity (Wildman–Crippen MR) is 131 cm³/mol. The van der Waals surface area contributed by atoms with Gasteiger partial charge in [-0.05, 0) is 32.8 Å². The standard InChI is InChI=1S/C19H26FIN5PS/c1-3-12(28-14-6-4-5-13(20)15(14)21)11-23-16-17(27)25-18(24-16)26-9-7-19(2,22)8-10-26/h3-6,11,13,15H,7-10,22,27H2,1-2H3,(H,24,25)/b12-3+,23-11?. The van der Waals surface area contributed by atoms with Crippen LogP contribution in [0.2, 0.25) is 0 Å². The number of alkyl halides is 2. The molecule has 1 fully saturated rings. The summed E-state index contributed by atoms with van der Waals surface area (Å²) in [6, 6.07) is 0. The zero-order chi connectivity index (χ0) is 20.3. The summed E-state index contributed by atoms with van der Waals surface area (Å²) in [5.41, 5.74) is 6.91. The van der Waals surface area contributed by atoms with Gasteiger partial charge in [0.25, 0.3) is 0 Å². The molecule has 3 rings (SSSR count). The fourth-order valence-corrected chi connectivity index (χ4v) is 4.94. The van der Waals surface area contributed by atoms with Crippen molar-refractivity contribution in [1.29, 1.82) is 0 Å². The van der Waals surface area contributed by atoms with Crippen molar-refractivity contribution in [1.82, 2.24) is 9.97 Å². The molecular weight excluding hydrogens is 507 g/mol. The van der Waals surface area contributed by atoms with Crippen LogP contribution < -0.4 is 16.1 Å². The molecule has 28 heavy (non-hydrogen) atoms. The third-order valence-electron chi connectivity index (χ3n) is 4.85. The van der Waals surface area contributed by atoms with Crippen molar-refractivity contribution in [2.75, 3.05) is 18.0 Å². The molecule has 1 saturated heterocycles. The Morgan fingerprint density at radius 1 is 1.54 bits per heavy atom. The number of halogens is 2. The monoisotopic (exact) mass is 533 g/mol. The normalized spacial score (nSPS) is 25.4. The molecule has 0 spiro atoms. The molecule has 5 nitrogen and oxygen atoms in total. The molecule has 3 N–H and O–H groups in total. The first-order valence-corrected chi connectivity index (χ1v) is 11.9. The minimum Gasteiger partial charge on any atom is -0.342 e. The number of allylic oxidation sites excluding steroid dienone is 6. The molecule has 3 atom stereocenters. The SMILES string of the molecule is C/C=C(\C=Nc1[nH]c(N2CCC(C)(N)CC2)nc1P)SC1=CC=CC(F)C1I. The maximum atomic E-state index is 13.9. The number of thioether (sulfide) groups is 1. The van der Waals surface area contributed by atoms with Gasteiger partial charge in [0, 0.05) is 34.7 Å². The molecule has 152 valence electrons. The lowest BCUT2D eigenvalue weighted by Gasteiger charge is -2.36. The van der Waals surface area contributed by atoms with Crippen LogP contribution in [0.3, 0.4) is 0 Å². The lowest BCUT2D eigenvalue weighted by molar-refractivity contribution is 0.362. The molecular formula is C19H26FIN5PS. The van der Waals surface area contributed by atoms with Gasteiger partial charge in [-0.25, -0.2) is 14.4 Å². The average molecular weight is 533 g/mol. The Morgan fingerprint density at radius 3 is 2.93 bits per heavy atom. The van der Waals surface area contributed by atoms with Crippen LogP contribution in [0.4, 0.5) is 16.2 Å². The van der Waals surface area contributed by atoms with E-state index in [9.17, 15) is 4.39 Å². The zero-order valence-corrected chi connectivity index (χ0v) is 20.2. The minimum atomic E-state index is -0.947. The van der Waals surface area contributed by atoms with Gasteiger partial charge in [0.1, 0.15) is 11.6 Å². The Labute approximate surface area is 185 Å². The third-order valence-corrected chi connectivity index (χ3v) is 8.24. The summed E-state index contributed by atoms with van der Waals surface area (Å²) >= 11 is 3.70. The van der Waals surface area contributed by atoms with Crippen molar-refractivity contribution in [3.8, 4) is 0 Å². The minimum absolute atomic E-state index is 0.0932. The van der Waals surface area contributed by atoms with E-state index in [-0.39, 0.29) is 9.46 Å². The first-order chi connectivity index (χ1) is 13.3. The zero-order valence-electron chi connectivity index (χ0n) is 16.0. The number of aliphatic imine (C=N–C) groups is 1. The van der Waals surface area contributed by atoms with Gasteiger partial charge < -0.3 is 15.6 Å². The van der Waals surface area contributed by atoms with Gasteiger partial charge in [0.05, 0.1) is 3.92 Å². The van der Waals surface area contributed by atoms with Crippen LogP contribution in [0.5, 0.6) is 0 Å². The summed E-state index contributed by atoms with van der Waals surface area (Å²) in [5, 5.41) is 0. The second kappa shape index (κ2) is 9.41. The van der Waals surface area contributed by atoms with E-state index in [1.807, 2.05) is 19.1 Å². The molecule has 0 aromatic carbocycles. The largest absolute Gasteiger partial charge is 0.342 e. The molecule has 1 aliphatic carbocycles. The van der Waals surface area contributed by atoms with Crippen molar-refractivity contribution >= 4 is 67.0 Å². The van der Waals surface area contributed by atoms with E-state index in [2.05, 4.69) is 58.6 Å². The number of hydrogen-bond donors (Lipinski definition) is 2. The fraction of sp³-hybridized carbons (Fsp3) is 0.474. The van der Waals surface area contributed by atoms with Crippen LogP contribution >= 0.6 is 43.6 Å². The van der Waals surface area contributed by atoms with Crippen molar-refractivity contribution in [2.24, 2.45) is 10.7 Å². The Morgan fingerprint density at radius 2 is 2.25 bits per heavy atom. The highest BCUT2D eigenvalue weighted by Crippen LogP contribution is 2.36. The van der Waals surface area contributed by atoms with Crippen molar-refractivity contribution in [2.45, 2.75) is 42.3 Å². The number of nitrogens with two attached hydrogens (primary N) is 1. The topological polar surface area (TPSA) is 70.3 Å². The number of nitrogens with zero attached hydrogens (tertiary/aromatic N) is 3. The second-order valence-corrected chi connectivity index (χ2v) is 10.3. The van der Waals surface area contributed by atoms with Crippen molar-refractivity contribution in [3.63, 3.8) is 0 Å². The fourth-order valence-electron chi connectivity index (χ4n) is 2.96. The number of aromatic nitrogens is 2. The summed E-state index contributed by atoms with van der Waals surface area (Å²) < 4.78 is 13.7. The van der Waals surface area contributed by atoms with Crippen molar-refractivity contribution in [3.05, 3.63) is 34.1 Å². The van der Waals surface area contributed by atoms with E-state index in [0.29, 0.717) is 5.82 Å². The van der Waals surface area contributed by atoms with E-state index in [1.54, 1.807) is 30.1 Å². The maximum absolute atomic E-state index is 13.9. The van der Waals surface area contributed by atoms with Crippen LogP contribution in [0, 0.1) is 0 Å². The molecule has 0 radical (unpaired) electrons. The number of aromatic amines is 1. The van der Waals surface area contributed by atoms with E-state index >= 15 is 0 Å². The number of hydrogen-bond acceptors (Lipinski definition) is 5. The molecule has 3 unspecified atom stereocenters. The smallest absolute Gasteiger partial charge is 0.205 e. The molecule has 1 aliphatic heterocycles. The highest BCUT2D eigenvalue weighted by Gasteiger charge is 2.27. The quantitative estimate of drug-likeness (QED) is 0.258. The summed E-state index contributed by atoms with van der Waals surface area (Å²) in [6.45, 7) is 5.82. The summed E-state index contributed by atoms with van der Waals surface area (Å²) in [5.74, 6) is 1.54. The van der Waals surface area contributed by atoms with E-state index in [4.69, 9.17) is 5.73 Å². The Kier molecular flexibility index (Phi) is 7.39. The molecule has 0 bridgehead atoms. The first kappa shape index (κ1) is 22.0. The molecule has 2 aliphatic rings. The van der Waals surface area contributed by atoms with E-state index in [0.717, 1.165) is 47.1 Å². The highest BCUT2D eigenvalue weighted by molar-refractivity contribution is 14.1. The Bertz CT molecular complexity index is 822. The average Bonchev–Trinajstić information content (AvgIpc) is 3.02. The Hall–Kier alpha value is -0.700. The molecule has 0 saturated carbocycles. The van der Waals surface area contributed by atoms with Crippen LogP contribution in [-0.4, -0.2) is 44.9 Å². The molecule has 1 aromatic rings. The van der Waals surface area contributed by atoms with Gasteiger partial charge in [-0.2, -0.15) is 0 Å². The van der Waals surface area contributed by atoms with Gasteiger partial charge in [0.2, 0.25) is 5.95 Å². The predicted octanol–water partition coefficient (Wildman–Crippen LogP) is 4.16. The lowest BCUT2D eigenvalue weighted by atomic mass is 9.91. The van der Waals surface area contributed by atoms with Gasteiger partial charge in [-0.1, -0.05) is 61.8 Å². The van der Waals surface area contributed by atoms with Gasteiger partial charge in [-0.3, -0.25) is 0 Å². The van der Waals surface area contributed by atoms with Gasteiger partial charge >= 0.3 is 0 Å². The molecule has 1 aromatic heterocycles. The van der Waals surface area contributed by atoms with Crippen LogP contribution in [0.15, 0.2) is 39.1 Å². The highest BCUT2D eigenvalue weighted by atomic mass is 127. The number of H-pyrrole nitrogens is 1. The van der Waals surface area contributed by atoms with Crippen LogP contribution in [0.25, 0.3) is 0 Å². The summed E-state index contributed by atoms with van der Waals surface area (Å²) in [6.07, 6.45) is 10.0. The first-order valence-electron chi connectivity index (χ1n) is 9.23. The van der Waals surface area contributed by atoms with Gasteiger partial charge in [0.15, 0.2) is 5.82 Å². The van der Waals surface area contributed by atoms with Crippen LogP contribution in [0.1, 0.15) is 26.7 Å². The van der Waals surface area contributed by atoms with Crippen molar-refractivity contribution < 1.29 is 4.39 Å². The maximum Gasteiger partial charge on any atom is 0.205 e. The van der Waals surface area contributed by atoms with Gasteiger partial charge in [-0.15, -0.1) is 0 Å². The molecule has 9 heteroatoms. The Balaban J connectivity index is 1.67. The number of imidazole rings is 1. The van der Waals surface area contributed by atoms with E-state index < -0.39 is 6.17 Å². The molecule has 2 heterocycles. The summed E-state index contributed by atoms with van der Waals surface area (Å²) in [7, 11) is 2.64. The summed E-state index contributed by atoms with van der Waals surface area (Å²) in [4.78, 5) is 16.7. The molecule has 0 amide bonds. The van der Waals surface area contributed by atoms with Crippen LogP contribution in [-0.2, 0) is 0 Å². The third kappa shape index (κ3) is 5.46. The number of anilines is 1. The second-order valence-electron chi connectivity index (χ2n) is 7.29. The number of piperidine rings is 1. The number of nitrogens with one attached hydrogen (secondary N) is 1. The lowest BCUT2D eigenvalue weighted by Crippen LogP contribution is -2.48.